The highest BCUT2D eigenvalue weighted by Gasteiger charge is 2.12. The summed E-state index contributed by atoms with van der Waals surface area (Å²) in [5.74, 6) is -0.126. The van der Waals surface area contributed by atoms with Crippen LogP contribution in [0, 0.1) is 0 Å². The van der Waals surface area contributed by atoms with Crippen LogP contribution in [0.4, 0.5) is 0 Å². The summed E-state index contributed by atoms with van der Waals surface area (Å²) in [6, 6.07) is 3.21. The number of ether oxygens (including phenoxy) is 1. The van der Waals surface area contributed by atoms with E-state index < -0.39 is 0 Å². The van der Waals surface area contributed by atoms with Gasteiger partial charge in [0.15, 0.2) is 0 Å². The molecule has 0 aliphatic heterocycles. The SMILES string of the molecule is COCCCN(C)C(=O)c1cc(Cl)ccn1. The minimum absolute atomic E-state index is 0.126. The molecule has 0 atom stereocenters. The predicted octanol–water partition coefficient (Wildman–Crippen LogP) is 1.84. The van der Waals surface area contributed by atoms with Gasteiger partial charge in [-0.3, -0.25) is 9.78 Å². The van der Waals surface area contributed by atoms with Crippen LogP contribution in [-0.2, 0) is 4.74 Å². The number of hydrogen-bond acceptors (Lipinski definition) is 3. The zero-order chi connectivity index (χ0) is 12.0. The number of carbonyl (C=O) groups excluding carboxylic acids is 1. The van der Waals surface area contributed by atoms with E-state index in [1.807, 2.05) is 0 Å². The van der Waals surface area contributed by atoms with Gasteiger partial charge in [0.25, 0.3) is 5.91 Å². The van der Waals surface area contributed by atoms with Gasteiger partial charge in [-0.05, 0) is 18.6 Å². The maximum absolute atomic E-state index is 11.9. The van der Waals surface area contributed by atoms with Crippen molar-refractivity contribution in [1.29, 1.82) is 0 Å². The molecule has 1 aromatic rings. The molecule has 1 aromatic heterocycles. The van der Waals surface area contributed by atoms with Gasteiger partial charge in [0, 0.05) is 38.5 Å². The van der Waals surface area contributed by atoms with Crippen LogP contribution in [0.2, 0.25) is 5.02 Å². The minimum atomic E-state index is -0.126. The van der Waals surface area contributed by atoms with Crippen LogP contribution in [0.3, 0.4) is 0 Å². The van der Waals surface area contributed by atoms with Gasteiger partial charge in [-0.2, -0.15) is 0 Å². The summed E-state index contributed by atoms with van der Waals surface area (Å²) < 4.78 is 4.92. The Morgan fingerprint density at radius 1 is 1.62 bits per heavy atom. The summed E-state index contributed by atoms with van der Waals surface area (Å²) in [4.78, 5) is 17.4. The van der Waals surface area contributed by atoms with Crippen molar-refractivity contribution in [2.75, 3.05) is 27.3 Å². The van der Waals surface area contributed by atoms with Crippen LogP contribution >= 0.6 is 11.6 Å². The number of hydrogen-bond donors (Lipinski definition) is 0. The van der Waals surface area contributed by atoms with Gasteiger partial charge in [-0.25, -0.2) is 0 Å². The summed E-state index contributed by atoms with van der Waals surface area (Å²) >= 11 is 5.79. The number of amides is 1. The molecule has 0 unspecified atom stereocenters. The molecule has 88 valence electrons. The number of methoxy groups -OCH3 is 1. The first-order valence-electron chi connectivity index (χ1n) is 5.01. The van der Waals surface area contributed by atoms with Crippen molar-refractivity contribution < 1.29 is 9.53 Å². The summed E-state index contributed by atoms with van der Waals surface area (Å²) in [5.41, 5.74) is 0.368. The second-order valence-electron chi connectivity index (χ2n) is 3.43. The standard InChI is InChI=1S/C11H15ClN2O2/c1-14(6-3-7-16-2)11(15)10-8-9(12)4-5-13-10/h4-5,8H,3,6-7H2,1-2H3. The second-order valence-corrected chi connectivity index (χ2v) is 3.87. The van der Waals surface area contributed by atoms with Crippen molar-refractivity contribution in [1.82, 2.24) is 9.88 Å². The minimum Gasteiger partial charge on any atom is -0.385 e. The number of halogens is 1. The fourth-order valence-corrected chi connectivity index (χ4v) is 1.42. The smallest absolute Gasteiger partial charge is 0.272 e. The Morgan fingerprint density at radius 2 is 2.38 bits per heavy atom. The molecule has 5 heteroatoms. The fraction of sp³-hybridized carbons (Fsp3) is 0.455. The topological polar surface area (TPSA) is 42.4 Å². The largest absolute Gasteiger partial charge is 0.385 e. The van der Waals surface area contributed by atoms with Crippen molar-refractivity contribution in [3.63, 3.8) is 0 Å². The van der Waals surface area contributed by atoms with Crippen LogP contribution < -0.4 is 0 Å². The summed E-state index contributed by atoms with van der Waals surface area (Å²) in [5, 5.41) is 0.517. The Kier molecular flexibility index (Phi) is 5.22. The molecule has 4 nitrogen and oxygen atoms in total. The number of rotatable bonds is 5. The average molecular weight is 243 g/mol. The van der Waals surface area contributed by atoms with Gasteiger partial charge in [0.1, 0.15) is 5.69 Å². The average Bonchev–Trinajstić information content (AvgIpc) is 2.28. The van der Waals surface area contributed by atoms with E-state index in [-0.39, 0.29) is 5.91 Å². The molecule has 0 fully saturated rings. The summed E-state index contributed by atoms with van der Waals surface area (Å²) in [7, 11) is 3.38. The molecule has 0 aromatic carbocycles. The monoisotopic (exact) mass is 242 g/mol. The molecule has 0 saturated carbocycles. The van der Waals surface area contributed by atoms with Crippen LogP contribution in [0.5, 0.6) is 0 Å². The summed E-state index contributed by atoms with van der Waals surface area (Å²) in [6.45, 7) is 1.28. The molecular formula is C11H15ClN2O2. The molecule has 1 amide bonds. The fourth-order valence-electron chi connectivity index (χ4n) is 1.26. The second kappa shape index (κ2) is 6.45. The molecule has 16 heavy (non-hydrogen) atoms. The lowest BCUT2D eigenvalue weighted by Crippen LogP contribution is -2.29. The third kappa shape index (κ3) is 3.79. The maximum Gasteiger partial charge on any atom is 0.272 e. The Bertz CT molecular complexity index is 358. The lowest BCUT2D eigenvalue weighted by molar-refractivity contribution is 0.0773. The Labute approximate surface area is 100 Å². The molecule has 0 spiro atoms. The van der Waals surface area contributed by atoms with Crippen molar-refractivity contribution in [3.05, 3.63) is 29.0 Å². The van der Waals surface area contributed by atoms with Crippen molar-refractivity contribution >= 4 is 17.5 Å². The van der Waals surface area contributed by atoms with Crippen molar-refractivity contribution in [2.24, 2.45) is 0 Å². The Hall–Kier alpha value is -1.13. The number of nitrogens with zero attached hydrogens (tertiary/aromatic N) is 2. The maximum atomic E-state index is 11.9. The quantitative estimate of drug-likeness (QED) is 0.740. The Balaban J connectivity index is 2.56. The van der Waals surface area contributed by atoms with Gasteiger partial charge >= 0.3 is 0 Å². The van der Waals surface area contributed by atoms with Gasteiger partial charge in [0.2, 0.25) is 0 Å². The van der Waals surface area contributed by atoms with Gasteiger partial charge in [-0.1, -0.05) is 11.6 Å². The van der Waals surface area contributed by atoms with E-state index in [1.165, 1.54) is 6.20 Å². The van der Waals surface area contributed by atoms with E-state index >= 15 is 0 Å². The Morgan fingerprint density at radius 3 is 3.00 bits per heavy atom. The lowest BCUT2D eigenvalue weighted by atomic mass is 10.3. The number of pyridine rings is 1. The molecular weight excluding hydrogens is 228 g/mol. The summed E-state index contributed by atoms with van der Waals surface area (Å²) in [6.07, 6.45) is 2.33. The number of aromatic nitrogens is 1. The molecule has 0 radical (unpaired) electrons. The zero-order valence-corrected chi connectivity index (χ0v) is 10.2. The molecule has 0 bridgehead atoms. The first-order chi connectivity index (χ1) is 7.65. The van der Waals surface area contributed by atoms with Gasteiger partial charge in [-0.15, -0.1) is 0 Å². The van der Waals surface area contributed by atoms with Crippen molar-refractivity contribution in [2.45, 2.75) is 6.42 Å². The van der Waals surface area contributed by atoms with E-state index in [0.29, 0.717) is 23.9 Å². The third-order valence-electron chi connectivity index (χ3n) is 2.13. The van der Waals surface area contributed by atoms with Gasteiger partial charge in [0.05, 0.1) is 0 Å². The molecule has 0 N–H and O–H groups in total. The van der Waals surface area contributed by atoms with Crippen LogP contribution in [0.1, 0.15) is 16.9 Å². The molecule has 1 heterocycles. The van der Waals surface area contributed by atoms with E-state index in [1.54, 1.807) is 31.2 Å². The molecule has 0 aliphatic carbocycles. The highest BCUT2D eigenvalue weighted by molar-refractivity contribution is 6.30. The van der Waals surface area contributed by atoms with E-state index in [9.17, 15) is 4.79 Å². The number of carbonyl (C=O) groups is 1. The van der Waals surface area contributed by atoms with Gasteiger partial charge < -0.3 is 9.64 Å². The van der Waals surface area contributed by atoms with Crippen LogP contribution in [0.15, 0.2) is 18.3 Å². The van der Waals surface area contributed by atoms with E-state index in [4.69, 9.17) is 16.3 Å². The predicted molar refractivity (Wildman–Crippen MR) is 62.7 cm³/mol. The highest BCUT2D eigenvalue weighted by atomic mass is 35.5. The van der Waals surface area contributed by atoms with Crippen LogP contribution in [0.25, 0.3) is 0 Å². The first-order valence-corrected chi connectivity index (χ1v) is 5.39. The first kappa shape index (κ1) is 12.9. The van der Waals surface area contributed by atoms with E-state index in [0.717, 1.165) is 6.42 Å². The molecule has 0 saturated heterocycles. The normalized spacial score (nSPS) is 10.2. The van der Waals surface area contributed by atoms with Crippen LogP contribution in [-0.4, -0.2) is 43.1 Å². The molecule has 1 rings (SSSR count). The highest BCUT2D eigenvalue weighted by Crippen LogP contribution is 2.09. The molecule has 0 aliphatic rings. The third-order valence-corrected chi connectivity index (χ3v) is 2.36. The van der Waals surface area contributed by atoms with Crippen molar-refractivity contribution in [3.8, 4) is 0 Å². The van der Waals surface area contributed by atoms with E-state index in [2.05, 4.69) is 4.98 Å². The zero-order valence-electron chi connectivity index (χ0n) is 9.44. The lowest BCUT2D eigenvalue weighted by Gasteiger charge is -2.16.